The highest BCUT2D eigenvalue weighted by atomic mass is 16.6. The lowest BCUT2D eigenvalue weighted by atomic mass is 10.1. The molecule has 1 amide bonds. The van der Waals surface area contributed by atoms with Crippen LogP contribution in [0, 0.1) is 17.3 Å². The molecule has 1 saturated carbocycles. The Balaban J connectivity index is 1.82. The normalized spacial score (nSPS) is 32.5. The number of allylic oxidation sites excluding steroid dienone is 2. The second kappa shape index (κ2) is 5.63. The van der Waals surface area contributed by atoms with Crippen LogP contribution in [0.1, 0.15) is 27.7 Å². The van der Waals surface area contributed by atoms with E-state index in [9.17, 15) is 4.79 Å². The SMILES string of the molecule is CC(C)=C[C@@H]1[C@@H](C(=O)NC[C@H]2COCCO2)C1(C)C. The van der Waals surface area contributed by atoms with Gasteiger partial charge in [-0.1, -0.05) is 25.5 Å². The number of ether oxygens (including phenoxy) is 2. The molecule has 1 N–H and O–H groups in total. The molecule has 0 aromatic rings. The van der Waals surface area contributed by atoms with Crippen LogP contribution in [-0.2, 0) is 14.3 Å². The van der Waals surface area contributed by atoms with Gasteiger partial charge in [0.25, 0.3) is 0 Å². The summed E-state index contributed by atoms with van der Waals surface area (Å²) >= 11 is 0. The zero-order valence-corrected chi connectivity index (χ0v) is 12.4. The van der Waals surface area contributed by atoms with Crippen LogP contribution >= 0.6 is 0 Å². The fourth-order valence-electron chi connectivity index (χ4n) is 2.83. The molecule has 108 valence electrons. The molecule has 0 bridgehead atoms. The van der Waals surface area contributed by atoms with E-state index >= 15 is 0 Å². The average Bonchev–Trinajstić information content (AvgIpc) is 2.88. The van der Waals surface area contributed by atoms with Gasteiger partial charge in [0.2, 0.25) is 5.91 Å². The minimum Gasteiger partial charge on any atom is -0.376 e. The number of amides is 1. The van der Waals surface area contributed by atoms with E-state index in [-0.39, 0.29) is 23.3 Å². The molecular formula is C15H25NO3. The van der Waals surface area contributed by atoms with Gasteiger partial charge >= 0.3 is 0 Å². The van der Waals surface area contributed by atoms with Crippen molar-refractivity contribution in [3.8, 4) is 0 Å². The number of nitrogens with one attached hydrogen (secondary N) is 1. The third-order valence-electron chi connectivity index (χ3n) is 4.09. The minimum absolute atomic E-state index is 0.00136. The van der Waals surface area contributed by atoms with Gasteiger partial charge in [-0.15, -0.1) is 0 Å². The quantitative estimate of drug-likeness (QED) is 0.790. The van der Waals surface area contributed by atoms with Gasteiger partial charge in [0.1, 0.15) is 0 Å². The number of rotatable bonds is 4. The van der Waals surface area contributed by atoms with Crippen molar-refractivity contribution in [2.75, 3.05) is 26.4 Å². The average molecular weight is 267 g/mol. The molecule has 0 unspecified atom stereocenters. The van der Waals surface area contributed by atoms with Crippen molar-refractivity contribution in [3.63, 3.8) is 0 Å². The molecule has 3 atom stereocenters. The molecule has 0 aromatic heterocycles. The van der Waals surface area contributed by atoms with Gasteiger partial charge in [-0.2, -0.15) is 0 Å². The van der Waals surface area contributed by atoms with Crippen molar-refractivity contribution in [1.82, 2.24) is 5.32 Å². The first-order valence-electron chi connectivity index (χ1n) is 7.05. The van der Waals surface area contributed by atoms with Crippen LogP contribution in [0.2, 0.25) is 0 Å². The summed E-state index contributed by atoms with van der Waals surface area (Å²) in [7, 11) is 0. The first-order valence-corrected chi connectivity index (χ1v) is 7.05. The molecule has 1 saturated heterocycles. The van der Waals surface area contributed by atoms with Gasteiger partial charge in [0.15, 0.2) is 0 Å². The molecular weight excluding hydrogens is 242 g/mol. The van der Waals surface area contributed by atoms with Gasteiger partial charge in [-0.25, -0.2) is 0 Å². The predicted octanol–water partition coefficient (Wildman–Crippen LogP) is 1.76. The number of carbonyl (C=O) groups excluding carboxylic acids is 1. The van der Waals surface area contributed by atoms with E-state index in [1.54, 1.807) is 0 Å². The predicted molar refractivity (Wildman–Crippen MR) is 73.8 cm³/mol. The Hall–Kier alpha value is -0.870. The number of carbonyl (C=O) groups is 1. The molecule has 2 rings (SSSR count). The van der Waals surface area contributed by atoms with E-state index in [1.165, 1.54) is 5.57 Å². The highest BCUT2D eigenvalue weighted by molar-refractivity contribution is 5.83. The van der Waals surface area contributed by atoms with E-state index in [2.05, 4.69) is 39.1 Å². The summed E-state index contributed by atoms with van der Waals surface area (Å²) in [4.78, 5) is 12.2. The van der Waals surface area contributed by atoms with Crippen LogP contribution in [-0.4, -0.2) is 38.4 Å². The Morgan fingerprint density at radius 2 is 2.11 bits per heavy atom. The first kappa shape index (κ1) is 14.5. The zero-order valence-electron chi connectivity index (χ0n) is 12.4. The topological polar surface area (TPSA) is 47.6 Å². The van der Waals surface area contributed by atoms with Crippen LogP contribution in [0.15, 0.2) is 11.6 Å². The van der Waals surface area contributed by atoms with Crippen molar-refractivity contribution >= 4 is 5.91 Å². The van der Waals surface area contributed by atoms with Crippen LogP contribution in [0.3, 0.4) is 0 Å². The van der Waals surface area contributed by atoms with Crippen molar-refractivity contribution in [2.45, 2.75) is 33.8 Å². The van der Waals surface area contributed by atoms with Crippen molar-refractivity contribution in [2.24, 2.45) is 17.3 Å². The molecule has 2 aliphatic rings. The summed E-state index contributed by atoms with van der Waals surface area (Å²) in [5, 5.41) is 3.00. The molecule has 4 heteroatoms. The molecule has 0 radical (unpaired) electrons. The van der Waals surface area contributed by atoms with Crippen LogP contribution in [0.4, 0.5) is 0 Å². The molecule has 1 heterocycles. The van der Waals surface area contributed by atoms with E-state index in [4.69, 9.17) is 9.47 Å². The zero-order chi connectivity index (χ0) is 14.0. The lowest BCUT2D eigenvalue weighted by molar-refractivity contribution is -0.125. The summed E-state index contributed by atoms with van der Waals surface area (Å²) < 4.78 is 10.8. The van der Waals surface area contributed by atoms with Gasteiger partial charge < -0.3 is 14.8 Å². The maximum atomic E-state index is 12.2. The minimum atomic E-state index is 0.00136. The van der Waals surface area contributed by atoms with Gasteiger partial charge in [0, 0.05) is 6.54 Å². The summed E-state index contributed by atoms with van der Waals surface area (Å²) in [5.74, 6) is 0.592. The van der Waals surface area contributed by atoms with Gasteiger partial charge in [-0.05, 0) is 25.2 Å². The van der Waals surface area contributed by atoms with Crippen LogP contribution in [0.25, 0.3) is 0 Å². The molecule has 1 aliphatic heterocycles. The van der Waals surface area contributed by atoms with Gasteiger partial charge in [-0.3, -0.25) is 4.79 Å². The molecule has 1 aliphatic carbocycles. The van der Waals surface area contributed by atoms with Gasteiger partial charge in [0.05, 0.1) is 31.8 Å². The summed E-state index contributed by atoms with van der Waals surface area (Å²) in [6.07, 6.45) is 2.21. The molecule has 19 heavy (non-hydrogen) atoms. The Morgan fingerprint density at radius 1 is 1.37 bits per heavy atom. The smallest absolute Gasteiger partial charge is 0.224 e. The lowest BCUT2D eigenvalue weighted by Crippen LogP contribution is -2.40. The van der Waals surface area contributed by atoms with Crippen molar-refractivity contribution in [1.29, 1.82) is 0 Å². The number of hydrogen-bond donors (Lipinski definition) is 1. The molecule has 0 aromatic carbocycles. The Labute approximate surface area is 115 Å². The molecule has 2 fully saturated rings. The maximum absolute atomic E-state index is 12.2. The van der Waals surface area contributed by atoms with E-state index in [0.29, 0.717) is 32.3 Å². The van der Waals surface area contributed by atoms with Crippen molar-refractivity contribution < 1.29 is 14.3 Å². The third kappa shape index (κ3) is 3.37. The lowest BCUT2D eigenvalue weighted by Gasteiger charge is -2.23. The standard InChI is InChI=1S/C15H25NO3/c1-10(2)7-12-13(15(12,3)4)14(17)16-8-11-9-18-5-6-19-11/h7,11-13H,5-6,8-9H2,1-4H3,(H,16,17)/t11-,12+,13-/m0/s1. The molecule has 0 spiro atoms. The highest BCUT2D eigenvalue weighted by Gasteiger charge is 2.60. The molecule has 4 nitrogen and oxygen atoms in total. The Morgan fingerprint density at radius 3 is 2.68 bits per heavy atom. The highest BCUT2D eigenvalue weighted by Crippen LogP contribution is 2.59. The summed E-state index contributed by atoms with van der Waals surface area (Å²) in [6, 6.07) is 0. The monoisotopic (exact) mass is 267 g/mol. The summed E-state index contributed by atoms with van der Waals surface area (Å²) in [5.41, 5.74) is 1.35. The van der Waals surface area contributed by atoms with Crippen LogP contribution in [0.5, 0.6) is 0 Å². The largest absolute Gasteiger partial charge is 0.376 e. The summed E-state index contributed by atoms with van der Waals surface area (Å²) in [6.45, 7) is 10.9. The second-order valence-corrected chi connectivity index (χ2v) is 6.38. The fourth-order valence-corrected chi connectivity index (χ4v) is 2.83. The first-order chi connectivity index (χ1) is 8.93. The van der Waals surface area contributed by atoms with E-state index in [1.807, 2.05) is 0 Å². The number of hydrogen-bond acceptors (Lipinski definition) is 3. The van der Waals surface area contributed by atoms with E-state index in [0.717, 1.165) is 0 Å². The fraction of sp³-hybridized carbons (Fsp3) is 0.800. The second-order valence-electron chi connectivity index (χ2n) is 6.38. The Bertz CT molecular complexity index is 366. The van der Waals surface area contributed by atoms with Crippen molar-refractivity contribution in [3.05, 3.63) is 11.6 Å². The maximum Gasteiger partial charge on any atom is 0.224 e. The van der Waals surface area contributed by atoms with Crippen LogP contribution < -0.4 is 5.32 Å². The van der Waals surface area contributed by atoms with E-state index < -0.39 is 0 Å². The third-order valence-corrected chi connectivity index (χ3v) is 4.09. The Kier molecular flexibility index (Phi) is 4.31.